The van der Waals surface area contributed by atoms with E-state index >= 15 is 0 Å². The molecule has 3 N–H and O–H groups in total. The Hall–Kier alpha value is -3.65. The molecule has 2 aromatic carbocycles. The van der Waals surface area contributed by atoms with E-state index in [1.54, 1.807) is 60.7 Å². The van der Waals surface area contributed by atoms with Crippen molar-refractivity contribution in [2.45, 2.75) is 0 Å². The summed E-state index contributed by atoms with van der Waals surface area (Å²) in [5, 5.41) is 9.77. The van der Waals surface area contributed by atoms with Crippen LogP contribution in [0.5, 0.6) is 5.75 Å². The summed E-state index contributed by atoms with van der Waals surface area (Å²) in [7, 11) is 0. The molecule has 0 saturated carbocycles. The molecule has 3 amide bonds. The molecule has 0 bridgehead atoms. The zero-order valence-electron chi connectivity index (χ0n) is 15.4. The Kier molecular flexibility index (Phi) is 6.96. The first kappa shape index (κ1) is 20.1. The molecule has 7 nitrogen and oxygen atoms in total. The van der Waals surface area contributed by atoms with Crippen molar-refractivity contribution in [2.75, 3.05) is 23.8 Å². The molecule has 0 atom stereocenters. The second-order valence-corrected chi connectivity index (χ2v) is 6.89. The molecule has 1 heterocycles. The fraction of sp³-hybridized carbons (Fsp3) is 0.0952. The van der Waals surface area contributed by atoms with E-state index in [2.05, 4.69) is 16.0 Å². The zero-order chi connectivity index (χ0) is 20.5. The Morgan fingerprint density at radius 2 is 1.59 bits per heavy atom. The number of thiophene rings is 1. The van der Waals surface area contributed by atoms with Gasteiger partial charge in [0.1, 0.15) is 5.75 Å². The molecule has 0 aliphatic carbocycles. The number of amides is 3. The molecule has 1 aromatic heterocycles. The summed E-state index contributed by atoms with van der Waals surface area (Å²) >= 11 is 1.34. The first-order valence-corrected chi connectivity index (χ1v) is 9.67. The number of ether oxygens (including phenoxy) is 1. The van der Waals surface area contributed by atoms with E-state index in [4.69, 9.17) is 4.74 Å². The molecule has 8 heteroatoms. The van der Waals surface area contributed by atoms with Crippen LogP contribution in [0.15, 0.2) is 72.1 Å². The van der Waals surface area contributed by atoms with Crippen LogP contribution in [-0.4, -0.2) is 30.9 Å². The fourth-order valence-electron chi connectivity index (χ4n) is 2.38. The van der Waals surface area contributed by atoms with E-state index in [9.17, 15) is 14.4 Å². The molecule has 0 fully saturated rings. The quantitative estimate of drug-likeness (QED) is 0.533. The van der Waals surface area contributed by atoms with E-state index in [1.165, 1.54) is 11.3 Å². The Balaban J connectivity index is 1.44. The van der Waals surface area contributed by atoms with Gasteiger partial charge in [0.15, 0.2) is 6.61 Å². The van der Waals surface area contributed by atoms with Crippen LogP contribution < -0.4 is 20.7 Å². The Bertz CT molecular complexity index is 975. The maximum atomic E-state index is 12.1. The number of anilines is 2. The summed E-state index contributed by atoms with van der Waals surface area (Å²) < 4.78 is 5.32. The Labute approximate surface area is 171 Å². The third-order valence-electron chi connectivity index (χ3n) is 3.71. The number of benzene rings is 2. The molecule has 148 valence electrons. The Morgan fingerprint density at radius 1 is 0.828 bits per heavy atom. The zero-order valence-corrected chi connectivity index (χ0v) is 16.2. The van der Waals surface area contributed by atoms with E-state index in [1.807, 2.05) is 11.4 Å². The predicted molar refractivity (Wildman–Crippen MR) is 112 cm³/mol. The number of para-hydroxylation sites is 1. The summed E-state index contributed by atoms with van der Waals surface area (Å²) in [5.41, 5.74) is 1.07. The molecular formula is C21H19N3O4S. The van der Waals surface area contributed by atoms with Crippen LogP contribution in [0, 0.1) is 0 Å². The SMILES string of the molecule is O=C(COc1ccccc1)NCC(=O)Nc1cccc(NC(=O)c2cccs2)c1. The highest BCUT2D eigenvalue weighted by Gasteiger charge is 2.09. The summed E-state index contributed by atoms with van der Waals surface area (Å²) in [6.45, 7) is -0.371. The number of rotatable bonds is 8. The van der Waals surface area contributed by atoms with Crippen LogP contribution >= 0.6 is 11.3 Å². The molecule has 0 aliphatic rings. The highest BCUT2D eigenvalue weighted by atomic mass is 32.1. The predicted octanol–water partition coefficient (Wildman–Crippen LogP) is 3.13. The minimum absolute atomic E-state index is 0.179. The third kappa shape index (κ3) is 6.47. The topological polar surface area (TPSA) is 96.5 Å². The molecule has 29 heavy (non-hydrogen) atoms. The van der Waals surface area contributed by atoms with Crippen LogP contribution in [0.2, 0.25) is 0 Å². The van der Waals surface area contributed by atoms with Crippen LogP contribution in [0.1, 0.15) is 9.67 Å². The van der Waals surface area contributed by atoms with E-state index in [0.717, 1.165) is 0 Å². The highest BCUT2D eigenvalue weighted by Crippen LogP contribution is 2.17. The standard InChI is InChI=1S/C21H19N3O4S/c25-19(13-22-20(26)14-28-17-8-2-1-3-9-17)23-15-6-4-7-16(12-15)24-21(27)18-10-5-11-29-18/h1-12H,13-14H2,(H,22,26)(H,23,25)(H,24,27). The first-order valence-electron chi connectivity index (χ1n) is 8.79. The van der Waals surface area contributed by atoms with E-state index in [-0.39, 0.29) is 25.0 Å². The summed E-state index contributed by atoms with van der Waals surface area (Å²) in [6, 6.07) is 19.2. The van der Waals surface area contributed by atoms with Crippen LogP contribution in [0.3, 0.4) is 0 Å². The number of carbonyl (C=O) groups is 3. The average molecular weight is 409 g/mol. The van der Waals surface area contributed by atoms with Gasteiger partial charge in [-0.2, -0.15) is 0 Å². The number of hydrogen-bond acceptors (Lipinski definition) is 5. The van der Waals surface area contributed by atoms with Crippen molar-refractivity contribution in [1.29, 1.82) is 0 Å². The minimum atomic E-state index is -0.402. The normalized spacial score (nSPS) is 10.1. The van der Waals surface area contributed by atoms with Crippen molar-refractivity contribution in [1.82, 2.24) is 5.32 Å². The minimum Gasteiger partial charge on any atom is -0.484 e. The van der Waals surface area contributed by atoms with Gasteiger partial charge in [0.25, 0.3) is 11.8 Å². The van der Waals surface area contributed by atoms with Crippen LogP contribution in [0.25, 0.3) is 0 Å². The molecule has 3 aromatic rings. The lowest BCUT2D eigenvalue weighted by Gasteiger charge is -2.10. The van der Waals surface area contributed by atoms with Gasteiger partial charge in [-0.05, 0) is 41.8 Å². The van der Waals surface area contributed by atoms with Gasteiger partial charge >= 0.3 is 0 Å². The molecule has 0 aliphatic heterocycles. The van der Waals surface area contributed by atoms with Gasteiger partial charge < -0.3 is 20.7 Å². The number of hydrogen-bond donors (Lipinski definition) is 3. The first-order chi connectivity index (χ1) is 14.1. The van der Waals surface area contributed by atoms with Crippen molar-refractivity contribution in [3.8, 4) is 5.75 Å². The van der Waals surface area contributed by atoms with Gasteiger partial charge in [-0.15, -0.1) is 11.3 Å². The molecule has 0 radical (unpaired) electrons. The van der Waals surface area contributed by atoms with E-state index in [0.29, 0.717) is 22.0 Å². The van der Waals surface area contributed by atoms with Gasteiger partial charge in [0.2, 0.25) is 5.91 Å². The van der Waals surface area contributed by atoms with Gasteiger partial charge in [0.05, 0.1) is 11.4 Å². The third-order valence-corrected chi connectivity index (χ3v) is 4.58. The maximum Gasteiger partial charge on any atom is 0.265 e. The average Bonchev–Trinajstić information content (AvgIpc) is 3.27. The van der Waals surface area contributed by atoms with Crippen molar-refractivity contribution < 1.29 is 19.1 Å². The van der Waals surface area contributed by atoms with Crippen LogP contribution in [0.4, 0.5) is 11.4 Å². The summed E-state index contributed by atoms with van der Waals surface area (Å²) in [4.78, 5) is 36.6. The number of carbonyl (C=O) groups excluding carboxylic acids is 3. The van der Waals surface area contributed by atoms with Crippen molar-refractivity contribution in [3.63, 3.8) is 0 Å². The largest absolute Gasteiger partial charge is 0.484 e. The smallest absolute Gasteiger partial charge is 0.265 e. The lowest BCUT2D eigenvalue weighted by atomic mass is 10.2. The van der Waals surface area contributed by atoms with Gasteiger partial charge in [-0.3, -0.25) is 14.4 Å². The summed E-state index contributed by atoms with van der Waals surface area (Å²) in [5.74, 6) is -0.427. The second-order valence-electron chi connectivity index (χ2n) is 5.94. The Morgan fingerprint density at radius 3 is 2.31 bits per heavy atom. The molecule has 0 unspecified atom stereocenters. The highest BCUT2D eigenvalue weighted by molar-refractivity contribution is 7.12. The lowest BCUT2D eigenvalue weighted by Crippen LogP contribution is -2.35. The van der Waals surface area contributed by atoms with Gasteiger partial charge in [-0.1, -0.05) is 30.3 Å². The van der Waals surface area contributed by atoms with Crippen molar-refractivity contribution >= 4 is 40.4 Å². The van der Waals surface area contributed by atoms with Crippen molar-refractivity contribution in [3.05, 3.63) is 77.0 Å². The molecular weight excluding hydrogens is 390 g/mol. The number of nitrogens with one attached hydrogen (secondary N) is 3. The lowest BCUT2D eigenvalue weighted by molar-refractivity contribution is -0.125. The van der Waals surface area contributed by atoms with E-state index < -0.39 is 5.91 Å². The maximum absolute atomic E-state index is 12.1. The summed E-state index contributed by atoms with van der Waals surface area (Å²) in [6.07, 6.45) is 0. The van der Waals surface area contributed by atoms with Gasteiger partial charge in [-0.25, -0.2) is 0 Å². The molecule has 0 spiro atoms. The molecule has 0 saturated heterocycles. The van der Waals surface area contributed by atoms with Crippen LogP contribution in [-0.2, 0) is 9.59 Å². The fourth-order valence-corrected chi connectivity index (χ4v) is 2.99. The monoisotopic (exact) mass is 409 g/mol. The second kappa shape index (κ2) is 10.0. The van der Waals surface area contributed by atoms with Crippen molar-refractivity contribution in [2.24, 2.45) is 0 Å². The molecule has 3 rings (SSSR count). The van der Waals surface area contributed by atoms with Gasteiger partial charge in [0, 0.05) is 11.4 Å².